The van der Waals surface area contributed by atoms with Crippen LogP contribution in [-0.2, 0) is 10.2 Å². The number of carbonyl (C=O) groups is 2. The first-order valence-corrected chi connectivity index (χ1v) is 10.7. The van der Waals surface area contributed by atoms with Crippen LogP contribution in [0.2, 0.25) is 0 Å². The van der Waals surface area contributed by atoms with E-state index >= 15 is 0 Å². The Morgan fingerprint density at radius 2 is 1.89 bits per heavy atom. The summed E-state index contributed by atoms with van der Waals surface area (Å²) in [4.78, 5) is 27.0. The Labute approximate surface area is 161 Å². The summed E-state index contributed by atoms with van der Waals surface area (Å²) in [5.41, 5.74) is 2.76. The van der Waals surface area contributed by atoms with Gasteiger partial charge in [0.25, 0.3) is 5.91 Å². The molecule has 1 saturated heterocycles. The van der Waals surface area contributed by atoms with E-state index in [1.807, 2.05) is 17.0 Å². The Morgan fingerprint density at radius 1 is 1.15 bits per heavy atom. The number of rotatable bonds is 5. The standard InChI is InChI=1S/C23H30N2O2/c1-22(9-10-22)18-6-4-5-17(11-18)21(27)25-14-16(15-25)13-24-20(26)19-12-23(19)7-2-3-8-23/h4-6,11,16,19H,2-3,7-10,12-15H2,1H3,(H,24,26). The third-order valence-electron chi connectivity index (χ3n) is 7.72. The maximum atomic E-state index is 12.7. The molecule has 5 rings (SSSR count). The van der Waals surface area contributed by atoms with Crippen molar-refractivity contribution in [2.45, 2.75) is 57.3 Å². The lowest BCUT2D eigenvalue weighted by atomic mass is 9.94. The molecular formula is C23H30N2O2. The molecule has 1 unspecified atom stereocenters. The van der Waals surface area contributed by atoms with Crippen molar-refractivity contribution < 1.29 is 9.59 Å². The highest BCUT2D eigenvalue weighted by Gasteiger charge is 2.58. The summed E-state index contributed by atoms with van der Waals surface area (Å²) in [6.07, 6.45) is 8.62. The fourth-order valence-corrected chi connectivity index (χ4v) is 5.27. The summed E-state index contributed by atoms with van der Waals surface area (Å²) in [5.74, 6) is 1.06. The van der Waals surface area contributed by atoms with E-state index in [9.17, 15) is 9.59 Å². The largest absolute Gasteiger partial charge is 0.355 e. The van der Waals surface area contributed by atoms with Gasteiger partial charge >= 0.3 is 0 Å². The van der Waals surface area contributed by atoms with Crippen LogP contribution in [0.15, 0.2) is 24.3 Å². The molecule has 0 radical (unpaired) electrons. The molecule has 4 aliphatic rings. The van der Waals surface area contributed by atoms with Gasteiger partial charge in [0, 0.05) is 37.0 Å². The number of nitrogens with one attached hydrogen (secondary N) is 1. The van der Waals surface area contributed by atoms with Gasteiger partial charge < -0.3 is 10.2 Å². The molecule has 0 aromatic heterocycles. The summed E-state index contributed by atoms with van der Waals surface area (Å²) in [6, 6.07) is 8.17. The van der Waals surface area contributed by atoms with Crippen LogP contribution in [-0.4, -0.2) is 36.3 Å². The molecule has 3 aliphatic carbocycles. The van der Waals surface area contributed by atoms with E-state index < -0.39 is 0 Å². The average Bonchev–Trinajstić information content (AvgIpc) is 3.49. The molecule has 4 fully saturated rings. The lowest BCUT2D eigenvalue weighted by molar-refractivity contribution is -0.123. The highest BCUT2D eigenvalue weighted by Crippen LogP contribution is 2.62. The highest BCUT2D eigenvalue weighted by atomic mass is 16.2. The quantitative estimate of drug-likeness (QED) is 0.867. The third kappa shape index (κ3) is 3.07. The Bertz CT molecular complexity index is 770. The Kier molecular flexibility index (Phi) is 3.89. The molecule has 4 nitrogen and oxygen atoms in total. The van der Waals surface area contributed by atoms with E-state index in [4.69, 9.17) is 0 Å². The monoisotopic (exact) mass is 366 g/mol. The third-order valence-corrected chi connectivity index (χ3v) is 7.72. The van der Waals surface area contributed by atoms with Crippen molar-refractivity contribution in [2.24, 2.45) is 17.3 Å². The van der Waals surface area contributed by atoms with E-state index in [0.717, 1.165) is 25.1 Å². The number of hydrogen-bond acceptors (Lipinski definition) is 2. The molecule has 3 saturated carbocycles. The molecule has 1 N–H and O–H groups in total. The molecule has 0 bridgehead atoms. The van der Waals surface area contributed by atoms with Crippen LogP contribution in [0.25, 0.3) is 0 Å². The zero-order valence-electron chi connectivity index (χ0n) is 16.3. The second-order valence-electron chi connectivity index (χ2n) is 9.79. The van der Waals surface area contributed by atoms with Gasteiger partial charge in [-0.15, -0.1) is 0 Å². The maximum absolute atomic E-state index is 12.7. The second kappa shape index (κ2) is 6.08. The van der Waals surface area contributed by atoms with Crippen LogP contribution in [0, 0.1) is 17.3 Å². The van der Waals surface area contributed by atoms with Gasteiger partial charge in [-0.05, 0) is 60.6 Å². The predicted molar refractivity (Wildman–Crippen MR) is 104 cm³/mol. The maximum Gasteiger partial charge on any atom is 0.253 e. The molecule has 1 aliphatic heterocycles. The average molecular weight is 367 g/mol. The first-order valence-electron chi connectivity index (χ1n) is 10.7. The normalized spacial score (nSPS) is 27.3. The molecule has 1 spiro atoms. The van der Waals surface area contributed by atoms with Crippen LogP contribution in [0.3, 0.4) is 0 Å². The SMILES string of the molecule is CC1(c2cccc(C(=O)N3CC(CNC(=O)C4CC45CCCC5)C3)c2)CC1. The Morgan fingerprint density at radius 3 is 2.59 bits per heavy atom. The first kappa shape index (κ1) is 17.3. The summed E-state index contributed by atoms with van der Waals surface area (Å²) in [7, 11) is 0. The van der Waals surface area contributed by atoms with Crippen molar-refractivity contribution in [1.82, 2.24) is 10.2 Å². The Hall–Kier alpha value is -1.84. The Balaban J connectivity index is 1.09. The zero-order valence-corrected chi connectivity index (χ0v) is 16.3. The van der Waals surface area contributed by atoms with E-state index in [2.05, 4.69) is 24.4 Å². The summed E-state index contributed by atoms with van der Waals surface area (Å²) in [5, 5.41) is 3.16. The number of nitrogens with zero attached hydrogens (tertiary/aromatic N) is 1. The molecule has 27 heavy (non-hydrogen) atoms. The molecule has 1 aromatic rings. The minimum Gasteiger partial charge on any atom is -0.355 e. The highest BCUT2D eigenvalue weighted by molar-refractivity contribution is 5.95. The van der Waals surface area contributed by atoms with Crippen LogP contribution in [0.1, 0.15) is 67.8 Å². The number of likely N-dealkylation sites (tertiary alicyclic amines) is 1. The van der Waals surface area contributed by atoms with Gasteiger partial charge in [-0.3, -0.25) is 9.59 Å². The van der Waals surface area contributed by atoms with Crippen LogP contribution in [0.5, 0.6) is 0 Å². The van der Waals surface area contributed by atoms with Gasteiger partial charge in [-0.25, -0.2) is 0 Å². The van der Waals surface area contributed by atoms with Gasteiger partial charge in [0.15, 0.2) is 0 Å². The van der Waals surface area contributed by atoms with Crippen LogP contribution < -0.4 is 5.32 Å². The first-order chi connectivity index (χ1) is 13.0. The van der Waals surface area contributed by atoms with E-state index in [1.54, 1.807) is 0 Å². The van der Waals surface area contributed by atoms with E-state index in [-0.39, 0.29) is 23.1 Å². The minimum absolute atomic E-state index is 0.135. The van der Waals surface area contributed by atoms with Crippen LogP contribution in [0.4, 0.5) is 0 Å². The molecule has 1 heterocycles. The van der Waals surface area contributed by atoms with Crippen molar-refractivity contribution in [1.29, 1.82) is 0 Å². The van der Waals surface area contributed by atoms with Crippen LogP contribution >= 0.6 is 0 Å². The molecular weight excluding hydrogens is 336 g/mol. The summed E-state index contributed by atoms with van der Waals surface area (Å²) >= 11 is 0. The summed E-state index contributed by atoms with van der Waals surface area (Å²) < 4.78 is 0. The van der Waals surface area contributed by atoms with E-state index in [0.29, 0.717) is 17.9 Å². The van der Waals surface area contributed by atoms with Gasteiger partial charge in [-0.2, -0.15) is 0 Å². The molecule has 144 valence electrons. The predicted octanol–water partition coefficient (Wildman–Crippen LogP) is 3.51. The lowest BCUT2D eigenvalue weighted by Crippen LogP contribution is -2.54. The molecule has 2 amide bonds. The minimum atomic E-state index is 0.135. The van der Waals surface area contributed by atoms with Gasteiger partial charge in [-0.1, -0.05) is 31.9 Å². The topological polar surface area (TPSA) is 49.4 Å². The number of benzene rings is 1. The lowest BCUT2D eigenvalue weighted by Gasteiger charge is -2.39. The zero-order chi connectivity index (χ0) is 18.6. The van der Waals surface area contributed by atoms with Crippen molar-refractivity contribution in [2.75, 3.05) is 19.6 Å². The van der Waals surface area contributed by atoms with Crippen molar-refractivity contribution in [3.8, 4) is 0 Å². The molecule has 1 aromatic carbocycles. The second-order valence-corrected chi connectivity index (χ2v) is 9.79. The van der Waals surface area contributed by atoms with Gasteiger partial charge in [0.05, 0.1) is 0 Å². The number of hydrogen-bond donors (Lipinski definition) is 1. The molecule has 4 heteroatoms. The van der Waals surface area contributed by atoms with Gasteiger partial charge in [0.2, 0.25) is 5.91 Å². The van der Waals surface area contributed by atoms with E-state index in [1.165, 1.54) is 44.1 Å². The van der Waals surface area contributed by atoms with Crippen molar-refractivity contribution in [3.05, 3.63) is 35.4 Å². The molecule has 1 atom stereocenters. The fourth-order valence-electron chi connectivity index (χ4n) is 5.27. The fraction of sp³-hybridized carbons (Fsp3) is 0.652. The van der Waals surface area contributed by atoms with Gasteiger partial charge in [0.1, 0.15) is 0 Å². The van der Waals surface area contributed by atoms with Crippen molar-refractivity contribution in [3.63, 3.8) is 0 Å². The number of amides is 2. The smallest absolute Gasteiger partial charge is 0.253 e. The summed E-state index contributed by atoms with van der Waals surface area (Å²) in [6.45, 7) is 4.51. The van der Waals surface area contributed by atoms with Crippen molar-refractivity contribution >= 4 is 11.8 Å². The number of carbonyl (C=O) groups excluding carboxylic acids is 2.